The van der Waals surface area contributed by atoms with E-state index in [1.54, 1.807) is 0 Å². The summed E-state index contributed by atoms with van der Waals surface area (Å²) in [7, 11) is 0. The summed E-state index contributed by atoms with van der Waals surface area (Å²) in [6, 6.07) is 8.66. The normalized spacial score (nSPS) is 12.1. The number of benzene rings is 1. The molecule has 1 N–H and O–H groups in total. The van der Waals surface area contributed by atoms with Crippen molar-refractivity contribution in [2.75, 3.05) is 0 Å². The molecule has 0 aliphatic heterocycles. The maximum Gasteiger partial charge on any atom is 0.182 e. The Morgan fingerprint density at radius 3 is 2.16 bits per heavy atom. The van der Waals surface area contributed by atoms with Gasteiger partial charge in [-0.15, -0.1) is 0 Å². The number of H-pyrrole nitrogens is 1. The van der Waals surface area contributed by atoms with Gasteiger partial charge in [-0.3, -0.25) is 4.57 Å². The first-order chi connectivity index (χ1) is 8.80. The van der Waals surface area contributed by atoms with Crippen LogP contribution in [0.2, 0.25) is 0 Å². The molecule has 0 unspecified atom stereocenters. The number of hydrogen-bond donors (Lipinski definition) is 1. The second kappa shape index (κ2) is 4.97. The molecule has 2 rings (SSSR count). The lowest BCUT2D eigenvalue weighted by Gasteiger charge is -2.21. The number of nitrogens with one attached hydrogen (secondary N) is 1. The molecule has 0 saturated carbocycles. The standard InChI is InChI=1S/C16H22N2S/c1-11(2)12-6-8-13(9-7-12)18-14(16(3,4)5)10-17-15(18)19/h6-11H,1-5H3,(H,17,19). The minimum Gasteiger partial charge on any atom is -0.337 e. The number of nitrogens with zero attached hydrogens (tertiary/aromatic N) is 1. The van der Waals surface area contributed by atoms with Crippen LogP contribution in [0.15, 0.2) is 30.5 Å². The fourth-order valence-corrected chi connectivity index (χ4v) is 2.45. The van der Waals surface area contributed by atoms with Crippen LogP contribution in [0, 0.1) is 4.77 Å². The molecule has 0 amide bonds. The van der Waals surface area contributed by atoms with Crippen LogP contribution in [-0.2, 0) is 5.41 Å². The van der Waals surface area contributed by atoms with Gasteiger partial charge < -0.3 is 4.98 Å². The maximum atomic E-state index is 5.42. The van der Waals surface area contributed by atoms with E-state index in [1.165, 1.54) is 11.3 Å². The van der Waals surface area contributed by atoms with E-state index >= 15 is 0 Å². The highest BCUT2D eigenvalue weighted by Crippen LogP contribution is 2.26. The molecule has 1 aromatic carbocycles. The van der Waals surface area contributed by atoms with Crippen molar-refractivity contribution in [3.05, 3.63) is 46.5 Å². The largest absolute Gasteiger partial charge is 0.337 e. The smallest absolute Gasteiger partial charge is 0.182 e. The third-order valence-corrected chi connectivity index (χ3v) is 3.66. The molecule has 0 atom stereocenters. The molecule has 19 heavy (non-hydrogen) atoms. The van der Waals surface area contributed by atoms with Gasteiger partial charge in [0.25, 0.3) is 0 Å². The molecule has 1 aromatic heterocycles. The monoisotopic (exact) mass is 274 g/mol. The van der Waals surface area contributed by atoms with Crippen LogP contribution >= 0.6 is 12.2 Å². The van der Waals surface area contributed by atoms with E-state index in [1.807, 2.05) is 6.20 Å². The van der Waals surface area contributed by atoms with E-state index in [0.29, 0.717) is 5.92 Å². The highest BCUT2D eigenvalue weighted by atomic mass is 32.1. The summed E-state index contributed by atoms with van der Waals surface area (Å²) in [5, 5.41) is 0. The van der Waals surface area contributed by atoms with Gasteiger partial charge in [-0.25, -0.2) is 0 Å². The maximum absolute atomic E-state index is 5.42. The summed E-state index contributed by atoms with van der Waals surface area (Å²) in [5.74, 6) is 0.551. The molecule has 0 aliphatic rings. The first-order valence-electron chi connectivity index (χ1n) is 6.72. The summed E-state index contributed by atoms with van der Waals surface area (Å²) in [6.45, 7) is 11.0. The van der Waals surface area contributed by atoms with Crippen LogP contribution in [0.25, 0.3) is 5.69 Å². The first kappa shape index (κ1) is 14.1. The molecule has 2 nitrogen and oxygen atoms in total. The third kappa shape index (κ3) is 2.81. The lowest BCUT2D eigenvalue weighted by atomic mass is 9.92. The average molecular weight is 274 g/mol. The van der Waals surface area contributed by atoms with E-state index in [2.05, 4.69) is 68.4 Å². The van der Waals surface area contributed by atoms with Gasteiger partial charge in [-0.2, -0.15) is 0 Å². The minimum absolute atomic E-state index is 0.0598. The number of imidazole rings is 1. The molecule has 0 radical (unpaired) electrons. The summed E-state index contributed by atoms with van der Waals surface area (Å²) in [6.07, 6.45) is 2.01. The SMILES string of the molecule is CC(C)c1ccc(-n2c(C(C)(C)C)c[nH]c2=S)cc1. The predicted octanol–water partition coefficient (Wildman–Crippen LogP) is 4.96. The highest BCUT2D eigenvalue weighted by Gasteiger charge is 2.20. The van der Waals surface area contributed by atoms with Crippen molar-refractivity contribution in [1.29, 1.82) is 0 Å². The molecule has 3 heteroatoms. The Bertz CT molecular complexity index is 609. The molecular formula is C16H22N2S. The second-order valence-electron chi connectivity index (χ2n) is 6.31. The zero-order valence-electron chi connectivity index (χ0n) is 12.3. The predicted molar refractivity (Wildman–Crippen MR) is 83.7 cm³/mol. The molecule has 2 aromatic rings. The Morgan fingerprint density at radius 2 is 1.68 bits per heavy atom. The topological polar surface area (TPSA) is 20.7 Å². The Hall–Kier alpha value is -1.35. The van der Waals surface area contributed by atoms with Gasteiger partial charge in [0, 0.05) is 23.0 Å². The number of aromatic nitrogens is 2. The molecule has 0 spiro atoms. The zero-order chi connectivity index (χ0) is 14.2. The van der Waals surface area contributed by atoms with Crippen molar-refractivity contribution < 1.29 is 0 Å². The van der Waals surface area contributed by atoms with Gasteiger partial charge in [-0.1, -0.05) is 46.8 Å². The van der Waals surface area contributed by atoms with E-state index in [9.17, 15) is 0 Å². The number of aromatic amines is 1. The van der Waals surface area contributed by atoms with Gasteiger partial charge in [0.05, 0.1) is 0 Å². The number of rotatable bonds is 2. The molecule has 1 heterocycles. The van der Waals surface area contributed by atoms with E-state index < -0.39 is 0 Å². The van der Waals surface area contributed by atoms with E-state index in [-0.39, 0.29) is 5.41 Å². The van der Waals surface area contributed by atoms with E-state index in [4.69, 9.17) is 12.2 Å². The Balaban J connectivity index is 2.53. The van der Waals surface area contributed by atoms with Crippen LogP contribution in [0.5, 0.6) is 0 Å². The summed E-state index contributed by atoms with van der Waals surface area (Å²) in [5.41, 5.74) is 3.74. The van der Waals surface area contributed by atoms with Crippen molar-refractivity contribution in [2.24, 2.45) is 0 Å². The van der Waals surface area contributed by atoms with E-state index in [0.717, 1.165) is 10.5 Å². The zero-order valence-corrected chi connectivity index (χ0v) is 13.1. The second-order valence-corrected chi connectivity index (χ2v) is 6.70. The first-order valence-corrected chi connectivity index (χ1v) is 7.13. The Labute approximate surface area is 120 Å². The lowest BCUT2D eigenvalue weighted by molar-refractivity contribution is 0.555. The van der Waals surface area contributed by atoms with Gasteiger partial charge in [0.2, 0.25) is 0 Å². The van der Waals surface area contributed by atoms with Crippen LogP contribution in [-0.4, -0.2) is 9.55 Å². The fraction of sp³-hybridized carbons (Fsp3) is 0.438. The lowest BCUT2D eigenvalue weighted by Crippen LogP contribution is -2.16. The van der Waals surface area contributed by atoms with Crippen molar-refractivity contribution in [3.8, 4) is 5.69 Å². The Kier molecular flexibility index (Phi) is 3.68. The van der Waals surface area contributed by atoms with Crippen molar-refractivity contribution in [3.63, 3.8) is 0 Å². The third-order valence-electron chi connectivity index (χ3n) is 3.36. The van der Waals surface area contributed by atoms with Gasteiger partial charge in [-0.05, 0) is 35.8 Å². The summed E-state index contributed by atoms with van der Waals surface area (Å²) >= 11 is 5.42. The fourth-order valence-electron chi connectivity index (χ4n) is 2.19. The van der Waals surface area contributed by atoms with Crippen LogP contribution in [0.1, 0.15) is 51.8 Å². The van der Waals surface area contributed by atoms with Crippen molar-refractivity contribution in [1.82, 2.24) is 9.55 Å². The Morgan fingerprint density at radius 1 is 1.11 bits per heavy atom. The van der Waals surface area contributed by atoms with Crippen molar-refractivity contribution >= 4 is 12.2 Å². The van der Waals surface area contributed by atoms with Crippen LogP contribution in [0.3, 0.4) is 0 Å². The highest BCUT2D eigenvalue weighted by molar-refractivity contribution is 7.71. The van der Waals surface area contributed by atoms with Gasteiger partial charge >= 0.3 is 0 Å². The van der Waals surface area contributed by atoms with Crippen LogP contribution < -0.4 is 0 Å². The molecule has 102 valence electrons. The van der Waals surface area contributed by atoms with Gasteiger partial charge in [0.15, 0.2) is 4.77 Å². The van der Waals surface area contributed by atoms with Crippen LogP contribution in [0.4, 0.5) is 0 Å². The molecule has 0 aliphatic carbocycles. The molecule has 0 bridgehead atoms. The molecular weight excluding hydrogens is 252 g/mol. The van der Waals surface area contributed by atoms with Gasteiger partial charge in [0.1, 0.15) is 0 Å². The summed E-state index contributed by atoms with van der Waals surface area (Å²) < 4.78 is 2.88. The molecule has 0 saturated heterocycles. The minimum atomic E-state index is 0.0598. The average Bonchev–Trinajstić information content (AvgIpc) is 2.71. The molecule has 0 fully saturated rings. The summed E-state index contributed by atoms with van der Waals surface area (Å²) in [4.78, 5) is 3.16. The number of hydrogen-bond acceptors (Lipinski definition) is 1. The van der Waals surface area contributed by atoms with Crippen molar-refractivity contribution in [2.45, 2.75) is 46.0 Å². The quantitative estimate of drug-likeness (QED) is 0.768.